The lowest BCUT2D eigenvalue weighted by molar-refractivity contribution is 0.262. The quantitative estimate of drug-likeness (QED) is 0.770. The number of benzene rings is 1. The molecule has 0 spiro atoms. The van der Waals surface area contributed by atoms with Crippen LogP contribution >= 0.6 is 0 Å². The summed E-state index contributed by atoms with van der Waals surface area (Å²) < 4.78 is 0. The summed E-state index contributed by atoms with van der Waals surface area (Å²) in [5.41, 5.74) is 2.58. The molecule has 0 aliphatic heterocycles. The number of carbonyl (C=O) groups excluding carboxylic acids is 1. The Bertz CT molecular complexity index is 621. The van der Waals surface area contributed by atoms with E-state index in [1.807, 2.05) is 24.3 Å². The highest BCUT2D eigenvalue weighted by Crippen LogP contribution is 2.25. The number of nitrogens with one attached hydrogen (secondary N) is 3. The predicted octanol–water partition coefficient (Wildman–Crippen LogP) is 4.33. The van der Waals surface area contributed by atoms with Gasteiger partial charge in [-0.15, -0.1) is 0 Å². The summed E-state index contributed by atoms with van der Waals surface area (Å²) in [6.07, 6.45) is 8.67. The second-order valence-corrected chi connectivity index (χ2v) is 5.92. The number of anilines is 3. The van der Waals surface area contributed by atoms with Gasteiger partial charge in [0.1, 0.15) is 0 Å². The van der Waals surface area contributed by atoms with E-state index in [9.17, 15) is 4.79 Å². The molecular formula is C18H22N4O. The Kier molecular flexibility index (Phi) is 5.09. The van der Waals surface area contributed by atoms with Gasteiger partial charge in [-0.3, -0.25) is 4.98 Å². The van der Waals surface area contributed by atoms with Gasteiger partial charge >= 0.3 is 6.03 Å². The molecule has 1 saturated carbocycles. The lowest BCUT2D eigenvalue weighted by atomic mass is 10.1. The smallest absolute Gasteiger partial charge is 0.323 e. The van der Waals surface area contributed by atoms with Gasteiger partial charge in [0.05, 0.1) is 0 Å². The van der Waals surface area contributed by atoms with Crippen molar-refractivity contribution in [2.45, 2.75) is 25.7 Å². The standard InChI is InChI=1S/C18H22N4O/c23-18(22-17-9-11-19-12-10-17)21-16-7-5-15(6-8-16)20-13-14-3-1-2-4-14/h5-12,14,20H,1-4,13H2,(H2,19,21,22,23). The molecule has 1 heterocycles. The first-order valence-corrected chi connectivity index (χ1v) is 8.11. The van der Waals surface area contributed by atoms with Crippen LogP contribution in [0.4, 0.5) is 21.9 Å². The van der Waals surface area contributed by atoms with E-state index in [4.69, 9.17) is 0 Å². The number of rotatable bonds is 5. The lowest BCUT2D eigenvalue weighted by Crippen LogP contribution is -2.19. The Morgan fingerprint density at radius 1 is 0.913 bits per heavy atom. The van der Waals surface area contributed by atoms with E-state index in [1.54, 1.807) is 24.5 Å². The average molecular weight is 310 g/mol. The van der Waals surface area contributed by atoms with Crippen LogP contribution in [0.3, 0.4) is 0 Å². The van der Waals surface area contributed by atoms with Crippen molar-refractivity contribution in [3.8, 4) is 0 Å². The zero-order valence-corrected chi connectivity index (χ0v) is 13.1. The number of pyridine rings is 1. The average Bonchev–Trinajstić information content (AvgIpc) is 3.08. The predicted molar refractivity (Wildman–Crippen MR) is 93.8 cm³/mol. The van der Waals surface area contributed by atoms with Crippen LogP contribution in [0.2, 0.25) is 0 Å². The molecule has 0 atom stereocenters. The molecule has 23 heavy (non-hydrogen) atoms. The van der Waals surface area contributed by atoms with E-state index in [0.717, 1.165) is 23.8 Å². The molecule has 0 unspecified atom stereocenters. The number of nitrogens with zero attached hydrogens (tertiary/aromatic N) is 1. The maximum absolute atomic E-state index is 11.9. The van der Waals surface area contributed by atoms with Gasteiger partial charge in [0.2, 0.25) is 0 Å². The van der Waals surface area contributed by atoms with Crippen LogP contribution in [0.5, 0.6) is 0 Å². The molecular weight excluding hydrogens is 288 g/mol. The third-order valence-electron chi connectivity index (χ3n) is 4.15. The van der Waals surface area contributed by atoms with Crippen molar-refractivity contribution in [1.29, 1.82) is 0 Å². The van der Waals surface area contributed by atoms with Gasteiger partial charge in [-0.25, -0.2) is 4.79 Å². The number of hydrogen-bond acceptors (Lipinski definition) is 3. The molecule has 0 bridgehead atoms. The lowest BCUT2D eigenvalue weighted by Gasteiger charge is -2.12. The Balaban J connectivity index is 1.47. The number of urea groups is 1. The van der Waals surface area contributed by atoms with Crippen LogP contribution in [-0.4, -0.2) is 17.6 Å². The van der Waals surface area contributed by atoms with E-state index in [0.29, 0.717) is 5.69 Å². The van der Waals surface area contributed by atoms with Crippen molar-refractivity contribution in [1.82, 2.24) is 4.98 Å². The SMILES string of the molecule is O=C(Nc1ccncc1)Nc1ccc(NCC2CCCC2)cc1. The van der Waals surface area contributed by atoms with E-state index in [2.05, 4.69) is 20.9 Å². The van der Waals surface area contributed by atoms with Crippen LogP contribution in [-0.2, 0) is 0 Å². The molecule has 3 rings (SSSR count). The first-order chi connectivity index (χ1) is 11.3. The van der Waals surface area contributed by atoms with Crippen molar-refractivity contribution < 1.29 is 4.79 Å². The minimum atomic E-state index is -0.261. The highest BCUT2D eigenvalue weighted by molar-refractivity contribution is 5.99. The molecule has 1 fully saturated rings. The Morgan fingerprint density at radius 2 is 1.48 bits per heavy atom. The number of carbonyl (C=O) groups is 1. The van der Waals surface area contributed by atoms with E-state index < -0.39 is 0 Å². The summed E-state index contributed by atoms with van der Waals surface area (Å²) in [5, 5.41) is 9.05. The monoisotopic (exact) mass is 310 g/mol. The highest BCUT2D eigenvalue weighted by Gasteiger charge is 2.14. The van der Waals surface area contributed by atoms with Crippen molar-refractivity contribution in [3.63, 3.8) is 0 Å². The second-order valence-electron chi connectivity index (χ2n) is 5.92. The van der Waals surface area contributed by atoms with Crippen molar-refractivity contribution in [3.05, 3.63) is 48.8 Å². The van der Waals surface area contributed by atoms with Gasteiger partial charge < -0.3 is 16.0 Å². The van der Waals surface area contributed by atoms with E-state index in [-0.39, 0.29) is 6.03 Å². The molecule has 1 aliphatic rings. The van der Waals surface area contributed by atoms with Crippen LogP contribution in [0, 0.1) is 5.92 Å². The van der Waals surface area contributed by atoms with Gasteiger partial charge in [-0.1, -0.05) is 12.8 Å². The van der Waals surface area contributed by atoms with Crippen LogP contribution < -0.4 is 16.0 Å². The van der Waals surface area contributed by atoms with Gasteiger partial charge in [0, 0.05) is 36.0 Å². The molecule has 1 aromatic heterocycles. The molecule has 1 aliphatic carbocycles. The van der Waals surface area contributed by atoms with Crippen LogP contribution in [0.25, 0.3) is 0 Å². The van der Waals surface area contributed by atoms with E-state index in [1.165, 1.54) is 25.7 Å². The van der Waals surface area contributed by atoms with Crippen molar-refractivity contribution >= 4 is 23.1 Å². The minimum Gasteiger partial charge on any atom is -0.385 e. The topological polar surface area (TPSA) is 66.0 Å². The number of amides is 2. The zero-order chi connectivity index (χ0) is 15.9. The van der Waals surface area contributed by atoms with Gasteiger partial charge in [-0.2, -0.15) is 0 Å². The summed E-state index contributed by atoms with van der Waals surface area (Å²) in [7, 11) is 0. The van der Waals surface area contributed by atoms with Gasteiger partial charge in [0.25, 0.3) is 0 Å². The van der Waals surface area contributed by atoms with Crippen LogP contribution in [0.1, 0.15) is 25.7 Å². The first-order valence-electron chi connectivity index (χ1n) is 8.11. The maximum Gasteiger partial charge on any atom is 0.323 e. The molecule has 5 nitrogen and oxygen atoms in total. The van der Waals surface area contributed by atoms with Crippen molar-refractivity contribution in [2.75, 3.05) is 22.5 Å². The van der Waals surface area contributed by atoms with Gasteiger partial charge in [-0.05, 0) is 55.2 Å². The third kappa shape index (κ3) is 4.71. The highest BCUT2D eigenvalue weighted by atomic mass is 16.2. The minimum absolute atomic E-state index is 0.261. The number of hydrogen-bond donors (Lipinski definition) is 3. The molecule has 120 valence electrons. The van der Waals surface area contributed by atoms with Crippen molar-refractivity contribution in [2.24, 2.45) is 5.92 Å². The molecule has 1 aromatic carbocycles. The summed E-state index contributed by atoms with van der Waals surface area (Å²) in [4.78, 5) is 15.8. The molecule has 5 heteroatoms. The van der Waals surface area contributed by atoms with E-state index >= 15 is 0 Å². The molecule has 2 aromatic rings. The third-order valence-corrected chi connectivity index (χ3v) is 4.15. The molecule has 2 amide bonds. The van der Waals surface area contributed by atoms with Gasteiger partial charge in [0.15, 0.2) is 0 Å². The fraction of sp³-hybridized carbons (Fsp3) is 0.333. The normalized spacial score (nSPS) is 14.4. The summed E-state index contributed by atoms with van der Waals surface area (Å²) >= 11 is 0. The second kappa shape index (κ2) is 7.63. The summed E-state index contributed by atoms with van der Waals surface area (Å²) in [6.45, 7) is 1.04. The summed E-state index contributed by atoms with van der Waals surface area (Å²) in [5.74, 6) is 0.805. The Labute approximate surface area is 136 Å². The first kappa shape index (κ1) is 15.3. The Hall–Kier alpha value is -2.56. The Morgan fingerprint density at radius 3 is 2.13 bits per heavy atom. The molecule has 3 N–H and O–H groups in total. The maximum atomic E-state index is 11.9. The fourth-order valence-electron chi connectivity index (χ4n) is 2.88. The van der Waals surface area contributed by atoms with Crippen LogP contribution in [0.15, 0.2) is 48.8 Å². The largest absolute Gasteiger partial charge is 0.385 e. The zero-order valence-electron chi connectivity index (χ0n) is 13.1. The number of aromatic nitrogens is 1. The summed E-state index contributed by atoms with van der Waals surface area (Å²) in [6, 6.07) is 11.0. The molecule has 0 saturated heterocycles. The molecule has 0 radical (unpaired) electrons. The fourth-order valence-corrected chi connectivity index (χ4v) is 2.88.